The van der Waals surface area contributed by atoms with Crippen molar-refractivity contribution < 1.29 is 0 Å². The van der Waals surface area contributed by atoms with Crippen LogP contribution in [-0.2, 0) is 6.42 Å². The zero-order chi connectivity index (χ0) is 11.4. The van der Waals surface area contributed by atoms with Gasteiger partial charge in [-0.1, -0.05) is 19.8 Å². The van der Waals surface area contributed by atoms with E-state index in [1.54, 1.807) is 11.3 Å². The van der Waals surface area contributed by atoms with E-state index in [4.69, 9.17) is 5.73 Å². The van der Waals surface area contributed by atoms with Crippen LogP contribution in [0.2, 0.25) is 0 Å². The van der Waals surface area contributed by atoms with E-state index in [-0.39, 0.29) is 5.54 Å². The van der Waals surface area contributed by atoms with Gasteiger partial charge in [0.1, 0.15) is 0 Å². The molecule has 1 aliphatic carbocycles. The Kier molecular flexibility index (Phi) is 4.04. The highest BCUT2D eigenvalue weighted by atomic mass is 32.1. The Morgan fingerprint density at radius 1 is 1.44 bits per heavy atom. The molecule has 90 valence electrons. The van der Waals surface area contributed by atoms with E-state index >= 15 is 0 Å². The summed E-state index contributed by atoms with van der Waals surface area (Å²) < 4.78 is 0. The van der Waals surface area contributed by atoms with E-state index in [9.17, 15) is 0 Å². The first-order valence-corrected chi connectivity index (χ1v) is 7.46. The number of rotatable bonds is 4. The molecule has 1 aromatic heterocycles. The van der Waals surface area contributed by atoms with Crippen LogP contribution in [0.1, 0.15) is 51.0 Å². The quantitative estimate of drug-likeness (QED) is 0.842. The lowest BCUT2D eigenvalue weighted by atomic mass is 9.73. The van der Waals surface area contributed by atoms with Crippen molar-refractivity contribution in [3.05, 3.63) is 22.4 Å². The van der Waals surface area contributed by atoms with Crippen molar-refractivity contribution in [3.63, 3.8) is 0 Å². The molecule has 0 aromatic carbocycles. The number of hydrogen-bond donors (Lipinski definition) is 1. The van der Waals surface area contributed by atoms with Crippen molar-refractivity contribution in [1.82, 2.24) is 0 Å². The molecule has 0 unspecified atom stereocenters. The van der Waals surface area contributed by atoms with Crippen LogP contribution in [0.3, 0.4) is 0 Å². The van der Waals surface area contributed by atoms with Crippen LogP contribution in [0.25, 0.3) is 0 Å². The maximum Gasteiger partial charge on any atom is 0.0195 e. The zero-order valence-corrected chi connectivity index (χ0v) is 11.1. The first-order valence-electron chi connectivity index (χ1n) is 6.52. The van der Waals surface area contributed by atoms with Crippen molar-refractivity contribution in [2.24, 2.45) is 11.7 Å². The molecule has 0 spiro atoms. The molecule has 1 fully saturated rings. The molecule has 2 heteroatoms. The molecule has 1 nitrogen and oxygen atoms in total. The summed E-state index contributed by atoms with van der Waals surface area (Å²) in [7, 11) is 0. The summed E-state index contributed by atoms with van der Waals surface area (Å²) in [6, 6.07) is 2.22. The van der Waals surface area contributed by atoms with Gasteiger partial charge in [-0.2, -0.15) is 11.3 Å². The molecular formula is C14H23NS. The summed E-state index contributed by atoms with van der Waals surface area (Å²) >= 11 is 1.78. The molecule has 0 aliphatic heterocycles. The van der Waals surface area contributed by atoms with Gasteiger partial charge in [-0.3, -0.25) is 0 Å². The maximum atomic E-state index is 6.51. The van der Waals surface area contributed by atoms with Gasteiger partial charge < -0.3 is 5.73 Å². The molecule has 0 bridgehead atoms. The van der Waals surface area contributed by atoms with E-state index in [0.717, 1.165) is 12.3 Å². The van der Waals surface area contributed by atoms with Gasteiger partial charge in [0.05, 0.1) is 0 Å². The van der Waals surface area contributed by atoms with Gasteiger partial charge in [-0.15, -0.1) is 0 Å². The zero-order valence-electron chi connectivity index (χ0n) is 10.2. The highest BCUT2D eigenvalue weighted by Crippen LogP contribution is 2.35. The number of nitrogens with two attached hydrogens (primary N) is 1. The number of thiophene rings is 1. The molecular weight excluding hydrogens is 214 g/mol. The topological polar surface area (TPSA) is 26.0 Å². The fourth-order valence-corrected chi connectivity index (χ4v) is 3.59. The first kappa shape index (κ1) is 12.1. The van der Waals surface area contributed by atoms with Crippen molar-refractivity contribution in [1.29, 1.82) is 0 Å². The highest BCUT2D eigenvalue weighted by Gasteiger charge is 2.31. The van der Waals surface area contributed by atoms with E-state index in [2.05, 4.69) is 23.8 Å². The third-order valence-electron chi connectivity index (χ3n) is 3.93. The molecule has 1 aromatic rings. The largest absolute Gasteiger partial charge is 0.325 e. The van der Waals surface area contributed by atoms with E-state index in [0.29, 0.717) is 0 Å². The second-order valence-electron chi connectivity index (χ2n) is 5.40. The van der Waals surface area contributed by atoms with Crippen LogP contribution in [-0.4, -0.2) is 5.54 Å². The Morgan fingerprint density at radius 3 is 2.75 bits per heavy atom. The smallest absolute Gasteiger partial charge is 0.0195 e. The molecule has 1 aliphatic rings. The fourth-order valence-electron chi connectivity index (χ4n) is 2.93. The van der Waals surface area contributed by atoms with Crippen molar-refractivity contribution in [2.75, 3.05) is 0 Å². The van der Waals surface area contributed by atoms with Gasteiger partial charge in [-0.05, 0) is 60.4 Å². The molecule has 1 saturated carbocycles. The summed E-state index contributed by atoms with van der Waals surface area (Å²) in [6.07, 6.45) is 8.92. The van der Waals surface area contributed by atoms with E-state index in [1.807, 2.05) is 0 Å². The van der Waals surface area contributed by atoms with Crippen LogP contribution >= 0.6 is 11.3 Å². The van der Waals surface area contributed by atoms with Crippen molar-refractivity contribution >= 4 is 11.3 Å². The average Bonchev–Trinajstić information content (AvgIpc) is 2.74. The molecule has 0 saturated heterocycles. The predicted octanol–water partition coefficient (Wildman–Crippen LogP) is 3.98. The third kappa shape index (κ3) is 3.08. The minimum Gasteiger partial charge on any atom is -0.325 e. The lowest BCUT2D eigenvalue weighted by molar-refractivity contribution is 0.223. The van der Waals surface area contributed by atoms with Crippen LogP contribution in [0.4, 0.5) is 0 Å². The van der Waals surface area contributed by atoms with E-state index in [1.165, 1.54) is 44.1 Å². The Labute approximate surface area is 103 Å². The van der Waals surface area contributed by atoms with E-state index < -0.39 is 0 Å². The lowest BCUT2D eigenvalue weighted by Crippen LogP contribution is -2.45. The van der Waals surface area contributed by atoms with Gasteiger partial charge in [0.25, 0.3) is 0 Å². The molecule has 0 radical (unpaired) electrons. The van der Waals surface area contributed by atoms with Crippen LogP contribution in [0, 0.1) is 5.92 Å². The van der Waals surface area contributed by atoms with Crippen LogP contribution in [0.5, 0.6) is 0 Å². The number of hydrogen-bond acceptors (Lipinski definition) is 2. The van der Waals surface area contributed by atoms with Crippen LogP contribution < -0.4 is 5.73 Å². The highest BCUT2D eigenvalue weighted by molar-refractivity contribution is 7.07. The summed E-state index contributed by atoms with van der Waals surface area (Å²) in [5, 5.41) is 4.40. The standard InChI is InChI=1S/C14H23NS/c1-2-3-12-4-7-14(15,8-5-12)10-13-6-9-16-11-13/h6,9,11-12H,2-5,7-8,10,15H2,1H3. The molecule has 16 heavy (non-hydrogen) atoms. The third-order valence-corrected chi connectivity index (χ3v) is 4.67. The molecule has 1 heterocycles. The van der Waals surface area contributed by atoms with Gasteiger partial charge in [0.15, 0.2) is 0 Å². The average molecular weight is 237 g/mol. The van der Waals surface area contributed by atoms with Crippen LogP contribution in [0.15, 0.2) is 16.8 Å². The summed E-state index contributed by atoms with van der Waals surface area (Å²) in [5.74, 6) is 0.948. The summed E-state index contributed by atoms with van der Waals surface area (Å²) in [5.41, 5.74) is 8.03. The Bertz CT molecular complexity index is 297. The van der Waals surface area contributed by atoms with Gasteiger partial charge in [0.2, 0.25) is 0 Å². The Balaban J connectivity index is 1.86. The first-order chi connectivity index (χ1) is 7.72. The summed E-state index contributed by atoms with van der Waals surface area (Å²) in [4.78, 5) is 0. The summed E-state index contributed by atoms with van der Waals surface area (Å²) in [6.45, 7) is 2.29. The SMILES string of the molecule is CCCC1CCC(N)(Cc2ccsc2)CC1. The molecule has 0 atom stereocenters. The maximum absolute atomic E-state index is 6.51. The fraction of sp³-hybridized carbons (Fsp3) is 0.714. The normalized spacial score (nSPS) is 30.5. The van der Waals surface area contributed by atoms with Crippen molar-refractivity contribution in [2.45, 2.75) is 57.4 Å². The van der Waals surface area contributed by atoms with Gasteiger partial charge >= 0.3 is 0 Å². The van der Waals surface area contributed by atoms with Gasteiger partial charge in [0, 0.05) is 5.54 Å². The lowest BCUT2D eigenvalue weighted by Gasteiger charge is -2.37. The second-order valence-corrected chi connectivity index (χ2v) is 6.18. The van der Waals surface area contributed by atoms with Crippen molar-refractivity contribution in [3.8, 4) is 0 Å². The predicted molar refractivity (Wildman–Crippen MR) is 71.8 cm³/mol. The Hall–Kier alpha value is -0.340. The Morgan fingerprint density at radius 2 is 2.19 bits per heavy atom. The minimum atomic E-state index is 0.0886. The van der Waals surface area contributed by atoms with Gasteiger partial charge in [-0.25, -0.2) is 0 Å². The molecule has 2 N–H and O–H groups in total. The monoisotopic (exact) mass is 237 g/mol. The molecule has 0 amide bonds. The minimum absolute atomic E-state index is 0.0886. The second kappa shape index (κ2) is 5.33. The molecule has 2 rings (SSSR count).